The zero-order valence-corrected chi connectivity index (χ0v) is 17.3. The van der Waals surface area contributed by atoms with Gasteiger partial charge in [-0.1, -0.05) is 5.21 Å². The van der Waals surface area contributed by atoms with E-state index < -0.39 is 0 Å². The fourth-order valence-corrected chi connectivity index (χ4v) is 3.19. The minimum Gasteiger partial charge on any atom is -0.396 e. The summed E-state index contributed by atoms with van der Waals surface area (Å²) in [7, 11) is 2.32. The minimum absolute atomic E-state index is 0.151. The van der Waals surface area contributed by atoms with Crippen LogP contribution in [0.4, 0.5) is 0 Å². The van der Waals surface area contributed by atoms with Crippen LogP contribution in [0, 0.1) is 0 Å². The molecule has 2 rings (SSSR count). The van der Waals surface area contributed by atoms with Crippen molar-refractivity contribution in [3.8, 4) is 0 Å². The van der Waals surface area contributed by atoms with Crippen molar-refractivity contribution in [3.05, 3.63) is 11.9 Å². The van der Waals surface area contributed by atoms with Crippen LogP contribution in [0.15, 0.2) is 6.20 Å². The molecule has 0 aliphatic carbocycles. The lowest BCUT2D eigenvalue weighted by Crippen LogP contribution is -2.43. The second-order valence-electron chi connectivity index (χ2n) is 7.44. The van der Waals surface area contributed by atoms with Crippen molar-refractivity contribution in [2.75, 3.05) is 79.5 Å². The SMILES string of the molecule is C[N+]1(CCOCCOCCOCCOCc2cn(CCCO)nn2)CCCC1. The standard InChI is InChI=1S/C19H37N4O5/c1-23(6-2-3-7-23)8-10-25-11-12-26-13-14-27-15-16-28-18-19-17-22(21-20-19)5-4-9-24/h17,24H,2-16,18H2,1H3/q+1. The van der Waals surface area contributed by atoms with Crippen molar-refractivity contribution in [2.45, 2.75) is 32.4 Å². The Labute approximate surface area is 168 Å². The van der Waals surface area contributed by atoms with Gasteiger partial charge in [0.15, 0.2) is 0 Å². The molecule has 1 N–H and O–H groups in total. The molecule has 9 heteroatoms. The lowest BCUT2D eigenvalue weighted by atomic mass is 10.4. The van der Waals surface area contributed by atoms with Gasteiger partial charge in [0.25, 0.3) is 0 Å². The smallest absolute Gasteiger partial charge is 0.108 e. The Morgan fingerprint density at radius 1 is 0.964 bits per heavy atom. The first-order valence-corrected chi connectivity index (χ1v) is 10.4. The van der Waals surface area contributed by atoms with E-state index in [1.54, 1.807) is 4.68 Å². The zero-order valence-electron chi connectivity index (χ0n) is 17.3. The van der Waals surface area contributed by atoms with E-state index in [1.165, 1.54) is 25.9 Å². The fraction of sp³-hybridized carbons (Fsp3) is 0.895. The molecule has 1 aromatic rings. The van der Waals surface area contributed by atoms with Gasteiger partial charge in [-0.15, -0.1) is 5.10 Å². The lowest BCUT2D eigenvalue weighted by Gasteiger charge is -2.28. The molecule has 0 amide bonds. The molecular formula is C19H37N4O5+. The summed E-state index contributed by atoms with van der Waals surface area (Å²) in [5.41, 5.74) is 0.780. The average molecular weight is 402 g/mol. The monoisotopic (exact) mass is 401 g/mol. The number of aliphatic hydroxyl groups excluding tert-OH is 1. The van der Waals surface area contributed by atoms with Crippen LogP contribution in [0.5, 0.6) is 0 Å². The molecule has 162 valence electrons. The fourth-order valence-electron chi connectivity index (χ4n) is 3.19. The topological polar surface area (TPSA) is 87.9 Å². The third-order valence-corrected chi connectivity index (χ3v) is 4.92. The van der Waals surface area contributed by atoms with Crippen molar-refractivity contribution in [1.82, 2.24) is 15.0 Å². The molecule has 1 aliphatic heterocycles. The molecule has 0 bridgehead atoms. The quantitative estimate of drug-likeness (QED) is 0.300. The predicted molar refractivity (Wildman–Crippen MR) is 104 cm³/mol. The van der Waals surface area contributed by atoms with E-state index in [0.29, 0.717) is 59.2 Å². The van der Waals surface area contributed by atoms with E-state index in [0.717, 1.165) is 23.3 Å². The molecule has 1 fully saturated rings. The molecule has 0 aromatic carbocycles. The van der Waals surface area contributed by atoms with Crippen LogP contribution in [-0.4, -0.2) is 104 Å². The Morgan fingerprint density at radius 2 is 1.57 bits per heavy atom. The first-order chi connectivity index (χ1) is 13.7. The number of quaternary nitrogens is 1. The number of aliphatic hydroxyl groups is 1. The van der Waals surface area contributed by atoms with Gasteiger partial charge in [-0.3, -0.25) is 4.68 Å². The van der Waals surface area contributed by atoms with Crippen molar-refractivity contribution < 1.29 is 28.5 Å². The second kappa shape index (κ2) is 14.0. The predicted octanol–water partition coefficient (Wildman–Crippen LogP) is 0.467. The maximum atomic E-state index is 8.79. The number of rotatable bonds is 17. The largest absolute Gasteiger partial charge is 0.396 e. The van der Waals surface area contributed by atoms with E-state index >= 15 is 0 Å². The Bertz CT molecular complexity index is 508. The van der Waals surface area contributed by atoms with E-state index in [-0.39, 0.29) is 6.61 Å². The molecule has 1 aromatic heterocycles. The summed E-state index contributed by atoms with van der Waals surface area (Å²) in [4.78, 5) is 0. The van der Waals surface area contributed by atoms with Crippen LogP contribution in [-0.2, 0) is 32.1 Å². The van der Waals surface area contributed by atoms with Crippen molar-refractivity contribution in [1.29, 1.82) is 0 Å². The van der Waals surface area contributed by atoms with Crippen LogP contribution in [0.2, 0.25) is 0 Å². The summed E-state index contributed by atoms with van der Waals surface area (Å²) in [6, 6.07) is 0. The lowest BCUT2D eigenvalue weighted by molar-refractivity contribution is -0.898. The van der Waals surface area contributed by atoms with Crippen LogP contribution >= 0.6 is 0 Å². The van der Waals surface area contributed by atoms with E-state index in [9.17, 15) is 0 Å². The summed E-state index contributed by atoms with van der Waals surface area (Å²) in [5.74, 6) is 0. The number of aromatic nitrogens is 3. The zero-order chi connectivity index (χ0) is 19.9. The molecular weight excluding hydrogens is 364 g/mol. The van der Waals surface area contributed by atoms with E-state index in [4.69, 9.17) is 24.1 Å². The first kappa shape index (κ1) is 23.2. The number of likely N-dealkylation sites (tertiary alicyclic amines) is 1. The molecule has 0 radical (unpaired) electrons. The number of ether oxygens (including phenoxy) is 4. The molecule has 0 saturated carbocycles. The number of aryl methyl sites for hydroxylation is 1. The molecule has 28 heavy (non-hydrogen) atoms. The summed E-state index contributed by atoms with van der Waals surface area (Å²) < 4.78 is 25.0. The maximum Gasteiger partial charge on any atom is 0.108 e. The van der Waals surface area contributed by atoms with Crippen LogP contribution < -0.4 is 0 Å². The van der Waals surface area contributed by atoms with Crippen molar-refractivity contribution in [2.24, 2.45) is 0 Å². The van der Waals surface area contributed by atoms with Gasteiger partial charge in [-0.2, -0.15) is 0 Å². The van der Waals surface area contributed by atoms with Gasteiger partial charge in [-0.05, 0) is 6.42 Å². The maximum absolute atomic E-state index is 8.79. The van der Waals surface area contributed by atoms with Gasteiger partial charge in [0.2, 0.25) is 0 Å². The van der Waals surface area contributed by atoms with Crippen LogP contribution in [0.3, 0.4) is 0 Å². The minimum atomic E-state index is 0.151. The Hall–Kier alpha value is -1.10. The third kappa shape index (κ3) is 9.90. The summed E-state index contributed by atoms with van der Waals surface area (Å²) in [5, 5.41) is 16.8. The average Bonchev–Trinajstić information content (AvgIpc) is 3.33. The number of nitrogens with zero attached hydrogens (tertiary/aromatic N) is 4. The Morgan fingerprint density at radius 3 is 2.21 bits per heavy atom. The van der Waals surface area contributed by atoms with Crippen molar-refractivity contribution in [3.63, 3.8) is 0 Å². The van der Waals surface area contributed by atoms with Gasteiger partial charge < -0.3 is 28.5 Å². The molecule has 1 saturated heterocycles. The molecule has 0 atom stereocenters. The van der Waals surface area contributed by atoms with Crippen LogP contribution in [0.1, 0.15) is 25.0 Å². The van der Waals surface area contributed by atoms with Gasteiger partial charge >= 0.3 is 0 Å². The molecule has 1 aliphatic rings. The highest BCUT2D eigenvalue weighted by Gasteiger charge is 2.25. The Balaban J connectivity index is 1.31. The Kier molecular flexibility index (Phi) is 11.6. The van der Waals surface area contributed by atoms with Crippen LogP contribution in [0.25, 0.3) is 0 Å². The summed E-state index contributed by atoms with van der Waals surface area (Å²) in [6.45, 7) is 9.09. The third-order valence-electron chi connectivity index (χ3n) is 4.92. The first-order valence-electron chi connectivity index (χ1n) is 10.4. The second-order valence-corrected chi connectivity index (χ2v) is 7.44. The normalized spacial score (nSPS) is 16.1. The van der Waals surface area contributed by atoms with Crippen molar-refractivity contribution >= 4 is 0 Å². The van der Waals surface area contributed by atoms with E-state index in [1.807, 2.05) is 6.20 Å². The summed E-state index contributed by atoms with van der Waals surface area (Å²) >= 11 is 0. The highest BCUT2D eigenvalue weighted by Crippen LogP contribution is 2.15. The number of hydrogen-bond acceptors (Lipinski definition) is 7. The van der Waals surface area contributed by atoms with Gasteiger partial charge in [0.1, 0.15) is 12.2 Å². The number of hydrogen-bond donors (Lipinski definition) is 1. The van der Waals surface area contributed by atoms with Gasteiger partial charge in [0.05, 0.1) is 79.2 Å². The number of likely N-dealkylation sites (N-methyl/N-ethyl adjacent to an activating group) is 1. The molecule has 0 unspecified atom stereocenters. The highest BCUT2D eigenvalue weighted by molar-refractivity contribution is 4.89. The van der Waals surface area contributed by atoms with Gasteiger partial charge in [0, 0.05) is 26.0 Å². The molecule has 0 spiro atoms. The summed E-state index contributed by atoms with van der Waals surface area (Å²) in [6.07, 6.45) is 5.19. The molecule has 9 nitrogen and oxygen atoms in total. The molecule has 2 heterocycles. The highest BCUT2D eigenvalue weighted by atomic mass is 16.6. The van der Waals surface area contributed by atoms with E-state index in [2.05, 4.69) is 17.4 Å². The van der Waals surface area contributed by atoms with Gasteiger partial charge in [-0.25, -0.2) is 0 Å².